The Hall–Kier alpha value is -2.63. The molecule has 5 heteroatoms. The van der Waals surface area contributed by atoms with Crippen LogP contribution in [-0.2, 0) is 9.47 Å². The van der Waals surface area contributed by atoms with Crippen molar-refractivity contribution in [3.05, 3.63) is 60.7 Å². The zero-order chi connectivity index (χ0) is 19.6. The third kappa shape index (κ3) is 5.68. The van der Waals surface area contributed by atoms with E-state index in [0.717, 1.165) is 17.0 Å². The van der Waals surface area contributed by atoms with Gasteiger partial charge in [-0.25, -0.2) is 4.39 Å². The molecule has 3 rings (SSSR count). The summed E-state index contributed by atoms with van der Waals surface area (Å²) in [5.74, 6) is 0.806. The molecule has 0 saturated heterocycles. The van der Waals surface area contributed by atoms with Gasteiger partial charge in [0.05, 0.1) is 26.4 Å². The van der Waals surface area contributed by atoms with E-state index < -0.39 is 6.67 Å². The van der Waals surface area contributed by atoms with Gasteiger partial charge in [0.25, 0.3) is 0 Å². The zero-order valence-corrected chi connectivity index (χ0v) is 16.1. The van der Waals surface area contributed by atoms with Crippen LogP contribution in [0.5, 0.6) is 5.75 Å². The van der Waals surface area contributed by atoms with E-state index in [2.05, 4.69) is 53.8 Å². The maximum atomic E-state index is 11.9. The quantitative estimate of drug-likeness (QED) is 0.477. The predicted molar refractivity (Wildman–Crippen MR) is 112 cm³/mol. The van der Waals surface area contributed by atoms with Crippen molar-refractivity contribution in [2.75, 3.05) is 52.1 Å². The Morgan fingerprint density at radius 1 is 0.714 bits per heavy atom. The molecule has 0 amide bonds. The summed E-state index contributed by atoms with van der Waals surface area (Å²) < 4.78 is 27.9. The normalized spacial score (nSPS) is 10.9. The minimum absolute atomic E-state index is 0.125. The van der Waals surface area contributed by atoms with Gasteiger partial charge in [0, 0.05) is 12.7 Å². The van der Waals surface area contributed by atoms with E-state index in [9.17, 15) is 4.39 Å². The Labute approximate surface area is 165 Å². The van der Waals surface area contributed by atoms with Crippen molar-refractivity contribution >= 4 is 16.5 Å². The highest BCUT2D eigenvalue weighted by molar-refractivity contribution is 5.89. The highest BCUT2D eigenvalue weighted by Gasteiger charge is 2.02. The van der Waals surface area contributed by atoms with E-state index >= 15 is 0 Å². The second-order valence-corrected chi connectivity index (χ2v) is 6.31. The van der Waals surface area contributed by atoms with Crippen LogP contribution in [0.25, 0.3) is 21.9 Å². The van der Waals surface area contributed by atoms with Crippen molar-refractivity contribution in [1.29, 1.82) is 0 Å². The highest BCUT2D eigenvalue weighted by atomic mass is 19.1. The van der Waals surface area contributed by atoms with E-state index in [1.807, 2.05) is 19.2 Å². The SMILES string of the molecule is CNc1ccc2cc(-c3ccc(OCCOCCOCCF)cc3)ccc2c1. The van der Waals surface area contributed by atoms with E-state index in [-0.39, 0.29) is 6.61 Å². The molecule has 0 heterocycles. The van der Waals surface area contributed by atoms with E-state index in [4.69, 9.17) is 14.2 Å². The molecule has 0 unspecified atom stereocenters. The summed E-state index contributed by atoms with van der Waals surface area (Å²) in [4.78, 5) is 0. The van der Waals surface area contributed by atoms with Gasteiger partial charge in [-0.05, 0) is 52.2 Å². The van der Waals surface area contributed by atoms with E-state index in [0.29, 0.717) is 26.4 Å². The second kappa shape index (κ2) is 10.6. The number of anilines is 1. The van der Waals surface area contributed by atoms with Gasteiger partial charge in [-0.15, -0.1) is 0 Å². The molecule has 0 bridgehead atoms. The number of rotatable bonds is 11. The summed E-state index contributed by atoms with van der Waals surface area (Å²) in [5, 5.41) is 5.59. The minimum atomic E-state index is -0.463. The molecule has 28 heavy (non-hydrogen) atoms. The first kappa shape index (κ1) is 20.1. The topological polar surface area (TPSA) is 39.7 Å². The van der Waals surface area contributed by atoms with Gasteiger partial charge in [0.15, 0.2) is 0 Å². The van der Waals surface area contributed by atoms with Crippen molar-refractivity contribution in [3.63, 3.8) is 0 Å². The summed E-state index contributed by atoms with van der Waals surface area (Å²) in [7, 11) is 1.93. The third-order valence-corrected chi connectivity index (χ3v) is 4.41. The molecule has 0 spiro atoms. The second-order valence-electron chi connectivity index (χ2n) is 6.31. The smallest absolute Gasteiger partial charge is 0.119 e. The zero-order valence-electron chi connectivity index (χ0n) is 16.1. The molecule has 3 aromatic rings. The fraction of sp³-hybridized carbons (Fsp3) is 0.304. The number of benzene rings is 3. The van der Waals surface area contributed by atoms with Crippen LogP contribution >= 0.6 is 0 Å². The monoisotopic (exact) mass is 383 g/mol. The molecule has 0 aliphatic heterocycles. The van der Waals surface area contributed by atoms with Crippen LogP contribution in [0.3, 0.4) is 0 Å². The molecule has 0 aliphatic rings. The Morgan fingerprint density at radius 3 is 2.11 bits per heavy atom. The largest absolute Gasteiger partial charge is 0.491 e. The number of nitrogens with one attached hydrogen (secondary N) is 1. The van der Waals surface area contributed by atoms with Gasteiger partial charge in [-0.1, -0.05) is 30.3 Å². The van der Waals surface area contributed by atoms with Crippen LogP contribution in [0.2, 0.25) is 0 Å². The van der Waals surface area contributed by atoms with Crippen LogP contribution in [0, 0.1) is 0 Å². The average molecular weight is 383 g/mol. The summed E-state index contributed by atoms with van der Waals surface area (Å²) in [6.45, 7) is 1.45. The molecular weight excluding hydrogens is 357 g/mol. The fourth-order valence-electron chi connectivity index (χ4n) is 2.92. The lowest BCUT2D eigenvalue weighted by atomic mass is 10.0. The average Bonchev–Trinajstić information content (AvgIpc) is 2.75. The number of alkyl halides is 1. The van der Waals surface area contributed by atoms with Crippen molar-refractivity contribution < 1.29 is 18.6 Å². The minimum Gasteiger partial charge on any atom is -0.491 e. The van der Waals surface area contributed by atoms with Crippen molar-refractivity contribution in [3.8, 4) is 16.9 Å². The lowest BCUT2D eigenvalue weighted by Crippen LogP contribution is -2.11. The van der Waals surface area contributed by atoms with Gasteiger partial charge in [0.2, 0.25) is 0 Å². The summed E-state index contributed by atoms with van der Waals surface area (Å²) in [6, 6.07) is 20.9. The summed E-state index contributed by atoms with van der Waals surface area (Å²) in [5.41, 5.74) is 3.43. The molecule has 0 fully saturated rings. The molecule has 1 N–H and O–H groups in total. The Morgan fingerprint density at radius 2 is 1.36 bits per heavy atom. The molecule has 0 saturated carbocycles. The van der Waals surface area contributed by atoms with Gasteiger partial charge < -0.3 is 19.5 Å². The Bertz CT molecular complexity index is 867. The van der Waals surface area contributed by atoms with Crippen molar-refractivity contribution in [2.45, 2.75) is 0 Å². The standard InChI is InChI=1S/C23H26FNO3/c1-25-22-7-4-20-16-19(2-3-21(20)17-22)18-5-8-23(9-6-18)28-15-14-27-13-12-26-11-10-24/h2-9,16-17,25H,10-15H2,1H3. The van der Waals surface area contributed by atoms with E-state index in [1.165, 1.54) is 16.3 Å². The third-order valence-electron chi connectivity index (χ3n) is 4.41. The number of hydrogen-bond acceptors (Lipinski definition) is 4. The number of halogens is 1. The Balaban J connectivity index is 1.50. The van der Waals surface area contributed by atoms with Gasteiger partial charge >= 0.3 is 0 Å². The first-order valence-corrected chi connectivity index (χ1v) is 9.46. The van der Waals surface area contributed by atoms with Crippen LogP contribution in [0.15, 0.2) is 60.7 Å². The van der Waals surface area contributed by atoms with Gasteiger partial charge in [0.1, 0.15) is 19.0 Å². The number of hydrogen-bond donors (Lipinski definition) is 1. The Kier molecular flexibility index (Phi) is 7.64. The van der Waals surface area contributed by atoms with Crippen LogP contribution in [-0.4, -0.2) is 46.8 Å². The lowest BCUT2D eigenvalue weighted by molar-refractivity contribution is 0.0325. The maximum Gasteiger partial charge on any atom is 0.119 e. The number of ether oxygens (including phenoxy) is 3. The summed E-state index contributed by atoms with van der Waals surface area (Å²) in [6.07, 6.45) is 0. The predicted octanol–water partition coefficient (Wildman–Crippen LogP) is 4.93. The fourth-order valence-corrected chi connectivity index (χ4v) is 2.92. The molecule has 0 radical (unpaired) electrons. The molecule has 0 aliphatic carbocycles. The van der Waals surface area contributed by atoms with Gasteiger partial charge in [-0.3, -0.25) is 0 Å². The molecule has 4 nitrogen and oxygen atoms in total. The molecular formula is C23H26FNO3. The van der Waals surface area contributed by atoms with E-state index in [1.54, 1.807) is 0 Å². The number of fused-ring (bicyclic) bond motifs is 1. The summed E-state index contributed by atoms with van der Waals surface area (Å²) >= 11 is 0. The highest BCUT2D eigenvalue weighted by Crippen LogP contribution is 2.27. The molecule has 0 aromatic heterocycles. The van der Waals surface area contributed by atoms with Gasteiger partial charge in [-0.2, -0.15) is 0 Å². The first-order chi connectivity index (χ1) is 13.8. The maximum absolute atomic E-state index is 11.9. The molecule has 0 atom stereocenters. The van der Waals surface area contributed by atoms with Crippen LogP contribution in [0.4, 0.5) is 10.1 Å². The van der Waals surface area contributed by atoms with Crippen LogP contribution < -0.4 is 10.1 Å². The molecule has 148 valence electrons. The van der Waals surface area contributed by atoms with Crippen LogP contribution in [0.1, 0.15) is 0 Å². The molecule has 3 aromatic carbocycles. The first-order valence-electron chi connectivity index (χ1n) is 9.46. The van der Waals surface area contributed by atoms with Crippen molar-refractivity contribution in [2.24, 2.45) is 0 Å². The van der Waals surface area contributed by atoms with Crippen molar-refractivity contribution in [1.82, 2.24) is 0 Å². The lowest BCUT2D eigenvalue weighted by Gasteiger charge is -2.09.